The van der Waals surface area contributed by atoms with E-state index in [0.717, 1.165) is 18.2 Å². The Hall–Kier alpha value is -1.33. The van der Waals surface area contributed by atoms with Crippen molar-refractivity contribution in [2.75, 3.05) is 19.0 Å². The van der Waals surface area contributed by atoms with Gasteiger partial charge in [-0.3, -0.25) is 0 Å². The van der Waals surface area contributed by atoms with Gasteiger partial charge in [-0.1, -0.05) is 0 Å². The highest BCUT2D eigenvalue weighted by Gasteiger charge is 2.12. The molecular weight excluding hydrogens is 258 g/mol. The lowest BCUT2D eigenvalue weighted by Gasteiger charge is -2.16. The summed E-state index contributed by atoms with van der Waals surface area (Å²) >= 11 is 1.78. The van der Waals surface area contributed by atoms with Gasteiger partial charge in [0.2, 0.25) is 5.95 Å². The van der Waals surface area contributed by atoms with E-state index < -0.39 is 0 Å². The van der Waals surface area contributed by atoms with Crippen molar-refractivity contribution >= 4 is 17.3 Å². The molecule has 0 spiro atoms. The first kappa shape index (κ1) is 14.1. The van der Waals surface area contributed by atoms with E-state index in [9.17, 15) is 0 Å². The van der Waals surface area contributed by atoms with Crippen molar-refractivity contribution in [3.8, 4) is 0 Å². The smallest absolute Gasteiger partial charge is 0.203 e. The van der Waals surface area contributed by atoms with Crippen LogP contribution in [0.5, 0.6) is 0 Å². The maximum atomic E-state index is 5.22. The van der Waals surface area contributed by atoms with Gasteiger partial charge in [-0.2, -0.15) is 0 Å². The maximum Gasteiger partial charge on any atom is 0.203 e. The van der Waals surface area contributed by atoms with E-state index in [1.807, 2.05) is 6.92 Å². The van der Waals surface area contributed by atoms with Crippen LogP contribution in [0.15, 0.2) is 17.6 Å². The summed E-state index contributed by atoms with van der Waals surface area (Å²) in [6, 6.07) is 2.42. The van der Waals surface area contributed by atoms with Crippen LogP contribution in [0.3, 0.4) is 0 Å². The molecule has 1 unspecified atom stereocenters. The quantitative estimate of drug-likeness (QED) is 0.881. The van der Waals surface area contributed by atoms with Crippen LogP contribution in [0.25, 0.3) is 0 Å². The number of thiophene rings is 1. The van der Waals surface area contributed by atoms with Gasteiger partial charge in [0.1, 0.15) is 0 Å². The Morgan fingerprint density at radius 1 is 1.47 bits per heavy atom. The normalized spacial score (nSPS) is 12.6. The first-order valence-electron chi connectivity index (χ1n) is 6.43. The fourth-order valence-electron chi connectivity index (χ4n) is 2.05. The molecule has 104 valence electrons. The molecule has 0 bridgehead atoms. The zero-order valence-electron chi connectivity index (χ0n) is 11.9. The van der Waals surface area contributed by atoms with Gasteiger partial charge in [-0.25, -0.2) is 4.98 Å². The number of nitrogens with zero attached hydrogens (tertiary/aromatic N) is 2. The van der Waals surface area contributed by atoms with Gasteiger partial charge in [0.15, 0.2) is 0 Å². The average molecular weight is 279 g/mol. The molecule has 2 aromatic rings. The van der Waals surface area contributed by atoms with Crippen LogP contribution in [0.2, 0.25) is 0 Å². The van der Waals surface area contributed by atoms with Crippen LogP contribution in [-0.2, 0) is 11.3 Å². The fraction of sp³-hybridized carbons (Fsp3) is 0.500. The summed E-state index contributed by atoms with van der Waals surface area (Å²) in [5.41, 5.74) is 2.35. The lowest BCUT2D eigenvalue weighted by atomic mass is 10.3. The molecule has 4 nitrogen and oxygen atoms in total. The third-order valence-electron chi connectivity index (χ3n) is 3.11. The van der Waals surface area contributed by atoms with Crippen LogP contribution < -0.4 is 5.32 Å². The lowest BCUT2D eigenvalue weighted by Crippen LogP contribution is -2.14. The highest BCUT2D eigenvalue weighted by atomic mass is 32.1. The summed E-state index contributed by atoms with van der Waals surface area (Å²) in [5.74, 6) is 0.912. The standard InChI is InChI=1S/C14H21N3OS/c1-10-5-6-19-13(10)7-15-14-16-11(2)8-17(14)12(3)9-18-4/h5-6,8,12H,7,9H2,1-4H3,(H,15,16). The molecule has 0 aliphatic rings. The molecule has 5 heteroatoms. The zero-order chi connectivity index (χ0) is 13.8. The van der Waals surface area contributed by atoms with Crippen LogP contribution >= 0.6 is 11.3 Å². The minimum atomic E-state index is 0.276. The summed E-state index contributed by atoms with van der Waals surface area (Å²) in [7, 11) is 1.72. The van der Waals surface area contributed by atoms with Gasteiger partial charge in [0, 0.05) is 18.2 Å². The number of imidazole rings is 1. The van der Waals surface area contributed by atoms with Crippen molar-refractivity contribution in [1.29, 1.82) is 0 Å². The van der Waals surface area contributed by atoms with Gasteiger partial charge >= 0.3 is 0 Å². The maximum absolute atomic E-state index is 5.22. The van der Waals surface area contributed by atoms with Crippen LogP contribution in [0, 0.1) is 13.8 Å². The summed E-state index contributed by atoms with van der Waals surface area (Å²) in [6.07, 6.45) is 2.06. The zero-order valence-corrected chi connectivity index (χ0v) is 12.8. The van der Waals surface area contributed by atoms with Crippen molar-refractivity contribution in [2.45, 2.75) is 33.4 Å². The van der Waals surface area contributed by atoms with E-state index in [1.165, 1.54) is 10.4 Å². The number of ether oxygens (including phenoxy) is 1. The number of methoxy groups -OCH3 is 1. The minimum absolute atomic E-state index is 0.276. The van der Waals surface area contributed by atoms with E-state index in [-0.39, 0.29) is 6.04 Å². The lowest BCUT2D eigenvalue weighted by molar-refractivity contribution is 0.163. The number of rotatable bonds is 6. The molecule has 1 N–H and O–H groups in total. The Morgan fingerprint density at radius 3 is 2.89 bits per heavy atom. The second kappa shape index (κ2) is 6.21. The first-order chi connectivity index (χ1) is 9.11. The molecule has 0 aliphatic carbocycles. The van der Waals surface area contributed by atoms with E-state index in [2.05, 4.69) is 46.4 Å². The third-order valence-corrected chi connectivity index (χ3v) is 4.13. The molecule has 0 radical (unpaired) electrons. The van der Waals surface area contributed by atoms with E-state index in [0.29, 0.717) is 6.61 Å². The Kier molecular flexibility index (Phi) is 4.61. The van der Waals surface area contributed by atoms with Gasteiger partial charge < -0.3 is 14.6 Å². The molecule has 0 saturated heterocycles. The first-order valence-corrected chi connectivity index (χ1v) is 7.31. The molecule has 19 heavy (non-hydrogen) atoms. The highest BCUT2D eigenvalue weighted by molar-refractivity contribution is 7.10. The molecule has 2 heterocycles. The molecule has 0 amide bonds. The van der Waals surface area contributed by atoms with Crippen molar-refractivity contribution < 1.29 is 4.74 Å². The van der Waals surface area contributed by atoms with E-state index in [1.54, 1.807) is 18.4 Å². The summed E-state index contributed by atoms with van der Waals surface area (Å²) in [4.78, 5) is 5.90. The second-order valence-corrected chi connectivity index (χ2v) is 5.80. The largest absolute Gasteiger partial charge is 0.383 e. The average Bonchev–Trinajstić information content (AvgIpc) is 2.93. The van der Waals surface area contributed by atoms with E-state index in [4.69, 9.17) is 4.74 Å². The monoisotopic (exact) mass is 279 g/mol. The van der Waals surface area contributed by atoms with Crippen molar-refractivity contribution in [2.24, 2.45) is 0 Å². The summed E-state index contributed by atoms with van der Waals surface area (Å²) in [5, 5.41) is 5.55. The summed E-state index contributed by atoms with van der Waals surface area (Å²) in [6.45, 7) is 7.78. The van der Waals surface area contributed by atoms with Gasteiger partial charge in [-0.05, 0) is 37.8 Å². The Balaban J connectivity index is 2.09. The Labute approximate surface area is 118 Å². The number of hydrogen-bond donors (Lipinski definition) is 1. The topological polar surface area (TPSA) is 39.1 Å². The highest BCUT2D eigenvalue weighted by Crippen LogP contribution is 2.20. The van der Waals surface area contributed by atoms with Crippen LogP contribution in [0.1, 0.15) is 29.1 Å². The third kappa shape index (κ3) is 3.36. The van der Waals surface area contributed by atoms with Crippen LogP contribution in [-0.4, -0.2) is 23.3 Å². The van der Waals surface area contributed by atoms with Gasteiger partial charge in [0.05, 0.1) is 24.9 Å². The molecule has 1 atom stereocenters. The SMILES string of the molecule is COCC(C)n1cc(C)nc1NCc1sccc1C. The van der Waals surface area contributed by atoms with Crippen molar-refractivity contribution in [3.63, 3.8) is 0 Å². The molecule has 0 fully saturated rings. The number of anilines is 1. The van der Waals surface area contributed by atoms with Gasteiger partial charge in [0.25, 0.3) is 0 Å². The predicted octanol–water partition coefficient (Wildman–Crippen LogP) is 3.38. The molecular formula is C14H21N3OS. The number of aromatic nitrogens is 2. The van der Waals surface area contributed by atoms with Crippen LogP contribution in [0.4, 0.5) is 5.95 Å². The number of hydrogen-bond acceptors (Lipinski definition) is 4. The second-order valence-electron chi connectivity index (χ2n) is 4.80. The molecule has 0 saturated carbocycles. The molecule has 0 aromatic carbocycles. The molecule has 0 aliphatic heterocycles. The fourth-order valence-corrected chi connectivity index (χ4v) is 2.89. The summed E-state index contributed by atoms with van der Waals surface area (Å²) < 4.78 is 7.36. The van der Waals surface area contributed by atoms with Gasteiger partial charge in [-0.15, -0.1) is 11.3 Å². The molecule has 2 aromatic heterocycles. The number of nitrogens with one attached hydrogen (secondary N) is 1. The number of aryl methyl sites for hydroxylation is 2. The van der Waals surface area contributed by atoms with E-state index >= 15 is 0 Å². The van der Waals surface area contributed by atoms with Crippen molar-refractivity contribution in [1.82, 2.24) is 9.55 Å². The molecule has 2 rings (SSSR count). The van der Waals surface area contributed by atoms with Crippen molar-refractivity contribution in [3.05, 3.63) is 33.8 Å². The minimum Gasteiger partial charge on any atom is -0.383 e. The Bertz CT molecular complexity index is 533. The Morgan fingerprint density at radius 2 is 2.26 bits per heavy atom. The predicted molar refractivity (Wildman–Crippen MR) is 79.9 cm³/mol.